The molecule has 0 saturated carbocycles. The van der Waals surface area contributed by atoms with E-state index in [1.54, 1.807) is 0 Å². The molecule has 10 heteroatoms. The number of rotatable bonds is 6. The van der Waals surface area contributed by atoms with Crippen molar-refractivity contribution in [3.63, 3.8) is 0 Å². The van der Waals surface area contributed by atoms with Crippen LogP contribution in [0.15, 0.2) is 141 Å². The Morgan fingerprint density at radius 3 is 2.33 bits per heavy atom. The second-order valence-corrected chi connectivity index (χ2v) is 12.1. The third kappa shape index (κ3) is 5.70. The van der Waals surface area contributed by atoms with Crippen LogP contribution < -0.4 is 5.32 Å². The third-order valence-corrected chi connectivity index (χ3v) is 8.25. The quantitative estimate of drug-likeness (QED) is 0.312. The molecule has 0 saturated heterocycles. The maximum absolute atomic E-state index is 11.2. The predicted molar refractivity (Wildman–Crippen MR) is 171 cm³/mol. The number of hydrogen-bond donors (Lipinski definition) is 3. The molecule has 8 bridgehead atoms. The van der Waals surface area contributed by atoms with Gasteiger partial charge in [-0.25, -0.2) is 15.0 Å². The first-order valence-electron chi connectivity index (χ1n) is 14.0. The zero-order valence-corrected chi connectivity index (χ0v) is 23.9. The van der Waals surface area contributed by atoms with Gasteiger partial charge in [-0.1, -0.05) is 30.3 Å². The van der Waals surface area contributed by atoms with Gasteiger partial charge in [-0.05, 0) is 79.1 Å². The number of aromatic amines is 1. The van der Waals surface area contributed by atoms with Gasteiger partial charge in [0.25, 0.3) is 10.1 Å². The normalized spacial score (nSPS) is 20.4. The Labute approximate surface area is 249 Å². The van der Waals surface area contributed by atoms with Crippen molar-refractivity contribution in [2.45, 2.75) is 12.8 Å². The average Bonchev–Trinajstić information content (AvgIpc) is 3.82. The largest absolute Gasteiger partial charge is 0.355 e. The summed E-state index contributed by atoms with van der Waals surface area (Å²) >= 11 is 0. The molecule has 0 unspecified atom stereocenters. The van der Waals surface area contributed by atoms with E-state index in [2.05, 4.69) is 28.5 Å². The Kier molecular flexibility index (Phi) is 6.84. The summed E-state index contributed by atoms with van der Waals surface area (Å²) in [5.41, 5.74) is 9.56. The van der Waals surface area contributed by atoms with E-state index in [0.717, 1.165) is 68.1 Å². The Morgan fingerprint density at radius 1 is 0.791 bits per heavy atom. The molecular weight excluding hydrogens is 560 g/mol. The van der Waals surface area contributed by atoms with Crippen LogP contribution in [0.4, 0.5) is 0 Å². The van der Waals surface area contributed by atoms with E-state index < -0.39 is 10.1 Å². The van der Waals surface area contributed by atoms with E-state index in [9.17, 15) is 8.42 Å². The van der Waals surface area contributed by atoms with Gasteiger partial charge < -0.3 is 15.2 Å². The van der Waals surface area contributed by atoms with Crippen molar-refractivity contribution in [3.05, 3.63) is 143 Å². The number of nitrogens with zero attached hydrogens (tertiary/aromatic N) is 4. The highest BCUT2D eigenvalue weighted by molar-refractivity contribution is 7.85. The number of benzene rings is 1. The number of fused-ring (bicyclic) bond motifs is 5. The van der Waals surface area contributed by atoms with Crippen molar-refractivity contribution < 1.29 is 13.0 Å². The molecule has 214 valence electrons. The number of aromatic nitrogens is 1. The molecule has 5 aliphatic heterocycles. The molecule has 6 heterocycles. The zero-order chi connectivity index (χ0) is 29.4. The Bertz CT molecular complexity index is 1960. The summed E-state index contributed by atoms with van der Waals surface area (Å²) in [6.45, 7) is 0.558. The van der Waals surface area contributed by atoms with Crippen LogP contribution in [-0.4, -0.2) is 52.3 Å². The molecule has 0 spiro atoms. The first-order chi connectivity index (χ1) is 20.9. The van der Waals surface area contributed by atoms with E-state index in [4.69, 9.17) is 19.5 Å². The second kappa shape index (κ2) is 11.0. The maximum Gasteiger partial charge on any atom is 0.264 e. The SMILES string of the molecule is O=S(=O)(O)CCCCN1C=CN/C1=C1/C2=NC(=CC3=NC(=C(c4ccccc4)c4ccc([nH]4)C=C4C=CC1=N4)C=C3)C=C2. The van der Waals surface area contributed by atoms with Crippen molar-refractivity contribution in [2.75, 3.05) is 12.3 Å². The molecular formula is C33H28N6O3S. The molecule has 2 aromatic rings. The Balaban J connectivity index is 1.32. The van der Waals surface area contributed by atoms with Crippen molar-refractivity contribution in [1.29, 1.82) is 0 Å². The highest BCUT2D eigenvalue weighted by Gasteiger charge is 2.26. The second-order valence-electron chi connectivity index (χ2n) is 10.5. The predicted octanol–water partition coefficient (Wildman–Crippen LogP) is 5.30. The van der Waals surface area contributed by atoms with Crippen LogP contribution >= 0.6 is 0 Å². The van der Waals surface area contributed by atoms with Gasteiger partial charge in [0, 0.05) is 35.9 Å². The summed E-state index contributed by atoms with van der Waals surface area (Å²) in [5, 5.41) is 3.34. The molecule has 1 aromatic heterocycles. The molecule has 5 aliphatic rings. The van der Waals surface area contributed by atoms with E-state index in [1.165, 1.54) is 0 Å². The van der Waals surface area contributed by atoms with Gasteiger partial charge in [-0.15, -0.1) is 0 Å². The minimum Gasteiger partial charge on any atom is -0.355 e. The summed E-state index contributed by atoms with van der Waals surface area (Å²) in [5.74, 6) is 0.542. The lowest BCUT2D eigenvalue weighted by molar-refractivity contribution is 0.444. The van der Waals surface area contributed by atoms with Crippen molar-refractivity contribution in [1.82, 2.24) is 15.2 Å². The molecule has 7 rings (SSSR count). The first kappa shape index (κ1) is 26.8. The van der Waals surface area contributed by atoms with E-state index >= 15 is 0 Å². The number of hydrogen-bond acceptors (Lipinski definition) is 7. The minimum atomic E-state index is -3.99. The van der Waals surface area contributed by atoms with Crippen LogP contribution in [0.1, 0.15) is 29.8 Å². The summed E-state index contributed by atoms with van der Waals surface area (Å²) < 4.78 is 31.5. The Hall–Kier alpha value is -5.06. The Morgan fingerprint density at radius 2 is 1.56 bits per heavy atom. The highest BCUT2D eigenvalue weighted by atomic mass is 32.2. The molecule has 0 radical (unpaired) electrons. The minimum absolute atomic E-state index is 0.264. The van der Waals surface area contributed by atoms with Gasteiger partial charge in [0.15, 0.2) is 0 Å². The molecule has 43 heavy (non-hydrogen) atoms. The molecule has 0 fully saturated rings. The molecule has 0 atom stereocenters. The van der Waals surface area contributed by atoms with Gasteiger partial charge in [0.1, 0.15) is 5.82 Å². The number of allylic oxidation sites excluding steroid dienone is 8. The van der Waals surface area contributed by atoms with E-state index in [-0.39, 0.29) is 5.75 Å². The van der Waals surface area contributed by atoms with Gasteiger partial charge >= 0.3 is 0 Å². The zero-order valence-electron chi connectivity index (χ0n) is 23.1. The molecule has 1 aromatic carbocycles. The lowest BCUT2D eigenvalue weighted by Crippen LogP contribution is -2.26. The van der Waals surface area contributed by atoms with Crippen molar-refractivity contribution in [3.8, 4) is 0 Å². The van der Waals surface area contributed by atoms with Crippen LogP contribution in [0.3, 0.4) is 0 Å². The van der Waals surface area contributed by atoms with Crippen LogP contribution in [-0.2, 0) is 10.1 Å². The van der Waals surface area contributed by atoms with Crippen LogP contribution in [0.2, 0.25) is 0 Å². The summed E-state index contributed by atoms with van der Waals surface area (Å²) in [4.78, 5) is 20.5. The smallest absolute Gasteiger partial charge is 0.264 e. The van der Waals surface area contributed by atoms with Crippen molar-refractivity contribution in [2.24, 2.45) is 15.0 Å². The number of unbranched alkanes of at least 4 members (excludes halogenated alkanes) is 1. The topological polar surface area (TPSA) is 123 Å². The summed E-state index contributed by atoms with van der Waals surface area (Å²) in [6, 6.07) is 14.4. The standard InChI is InChI=1S/C33H28N6O3S/c40-43(41,42)19-5-4-17-39-18-16-34-33(39)32-29-14-10-25(37-29)20-23-8-12-27(35-23)31(22-6-2-1-3-7-22)28-13-9-24(36-28)21-26-11-15-30(32)38-26/h1-3,6-16,18,20-21,34-35H,4-5,17,19H2,(H,40,41,42)/b25-20?,26-21?,31-28?,33-32-. The maximum atomic E-state index is 11.2. The molecule has 0 amide bonds. The molecule has 9 nitrogen and oxygen atoms in total. The van der Waals surface area contributed by atoms with Crippen LogP contribution in [0, 0.1) is 0 Å². The summed E-state index contributed by atoms with van der Waals surface area (Å²) in [7, 11) is -3.99. The number of aliphatic imine (C=N–C) groups is 3. The van der Waals surface area contributed by atoms with Gasteiger partial charge in [-0.3, -0.25) is 4.55 Å². The van der Waals surface area contributed by atoms with Gasteiger partial charge in [0.2, 0.25) is 0 Å². The third-order valence-electron chi connectivity index (χ3n) is 7.44. The van der Waals surface area contributed by atoms with Crippen LogP contribution in [0.5, 0.6) is 0 Å². The fourth-order valence-electron chi connectivity index (χ4n) is 5.50. The number of nitrogens with one attached hydrogen (secondary N) is 2. The molecule has 0 aliphatic carbocycles. The van der Waals surface area contributed by atoms with E-state index in [0.29, 0.717) is 19.4 Å². The first-order valence-corrected chi connectivity index (χ1v) is 15.6. The van der Waals surface area contributed by atoms with Gasteiger partial charge in [-0.2, -0.15) is 8.42 Å². The summed E-state index contributed by atoms with van der Waals surface area (Å²) in [6.07, 6.45) is 20.6. The molecule has 3 N–H and O–H groups in total. The average molecular weight is 589 g/mol. The van der Waals surface area contributed by atoms with Gasteiger partial charge in [0.05, 0.1) is 45.6 Å². The fourth-order valence-corrected chi connectivity index (χ4v) is 6.07. The monoisotopic (exact) mass is 588 g/mol. The fraction of sp³-hybridized carbons (Fsp3) is 0.121. The number of H-pyrrole nitrogens is 1. The highest BCUT2D eigenvalue weighted by Crippen LogP contribution is 2.32. The lowest BCUT2D eigenvalue weighted by Gasteiger charge is -2.21. The van der Waals surface area contributed by atoms with Crippen molar-refractivity contribution >= 4 is 38.9 Å². The van der Waals surface area contributed by atoms with E-state index in [1.807, 2.05) is 90.2 Å². The lowest BCUT2D eigenvalue weighted by atomic mass is 10.0. The van der Waals surface area contributed by atoms with Crippen LogP contribution in [0.25, 0.3) is 11.6 Å².